The highest BCUT2D eigenvalue weighted by Gasteiger charge is 2.32. The lowest BCUT2D eigenvalue weighted by Gasteiger charge is -2.42. The van der Waals surface area contributed by atoms with Gasteiger partial charge in [-0.1, -0.05) is 20.8 Å². The van der Waals surface area contributed by atoms with Crippen molar-refractivity contribution in [1.82, 2.24) is 4.90 Å². The number of hydrogen-bond donors (Lipinski definition) is 1. The van der Waals surface area contributed by atoms with E-state index in [1.807, 2.05) is 6.92 Å². The number of carboxylic acids is 1. The molecule has 1 aliphatic rings. The Morgan fingerprint density at radius 1 is 1.41 bits per heavy atom. The summed E-state index contributed by atoms with van der Waals surface area (Å²) in [6, 6.07) is 0.726. The molecule has 0 spiro atoms. The van der Waals surface area contributed by atoms with Gasteiger partial charge in [-0.15, -0.1) is 0 Å². The van der Waals surface area contributed by atoms with Gasteiger partial charge in [0.2, 0.25) is 0 Å². The predicted molar refractivity (Wildman–Crippen MR) is 70.1 cm³/mol. The van der Waals surface area contributed by atoms with Crippen LogP contribution in [0.25, 0.3) is 0 Å². The first-order valence-electron chi connectivity index (χ1n) is 6.93. The minimum Gasteiger partial charge on any atom is -0.481 e. The van der Waals surface area contributed by atoms with Gasteiger partial charge >= 0.3 is 5.97 Å². The summed E-state index contributed by atoms with van der Waals surface area (Å²) in [6.45, 7) is 9.78. The van der Waals surface area contributed by atoms with Crippen LogP contribution in [-0.2, 0) is 4.79 Å². The molecule has 1 rings (SSSR count). The molecule has 0 aromatic heterocycles. The van der Waals surface area contributed by atoms with Crippen molar-refractivity contribution >= 4 is 5.97 Å². The van der Waals surface area contributed by atoms with Gasteiger partial charge in [0.25, 0.3) is 0 Å². The summed E-state index contributed by atoms with van der Waals surface area (Å²) < 4.78 is 0. The normalized spacial score (nSPS) is 31.5. The molecule has 0 heterocycles. The highest BCUT2D eigenvalue weighted by atomic mass is 16.4. The summed E-state index contributed by atoms with van der Waals surface area (Å²) in [7, 11) is 0. The second-order valence-electron chi connectivity index (χ2n) is 5.74. The molecule has 1 aliphatic carbocycles. The highest BCUT2D eigenvalue weighted by molar-refractivity contribution is 5.67. The van der Waals surface area contributed by atoms with E-state index in [1.165, 1.54) is 19.3 Å². The van der Waals surface area contributed by atoms with Crippen molar-refractivity contribution in [3.8, 4) is 0 Å². The fourth-order valence-electron chi connectivity index (χ4n) is 3.39. The van der Waals surface area contributed by atoms with Crippen LogP contribution < -0.4 is 0 Å². The van der Waals surface area contributed by atoms with Crippen LogP contribution in [0.1, 0.15) is 53.4 Å². The summed E-state index contributed by atoms with van der Waals surface area (Å²) in [5, 5.41) is 8.91. The van der Waals surface area contributed by atoms with E-state index >= 15 is 0 Å². The van der Waals surface area contributed by atoms with E-state index in [9.17, 15) is 4.79 Å². The Morgan fingerprint density at radius 2 is 2.06 bits per heavy atom. The lowest BCUT2D eigenvalue weighted by atomic mass is 9.78. The number of carboxylic acid groups (broad SMARTS) is 1. The molecule has 0 radical (unpaired) electrons. The molecule has 100 valence electrons. The minimum absolute atomic E-state index is 0.151. The van der Waals surface area contributed by atoms with Crippen molar-refractivity contribution in [2.75, 3.05) is 6.54 Å². The molecule has 4 atom stereocenters. The van der Waals surface area contributed by atoms with Gasteiger partial charge in [-0.25, -0.2) is 0 Å². The van der Waals surface area contributed by atoms with Gasteiger partial charge in [0.15, 0.2) is 0 Å². The SMILES string of the molecule is CCN(C(C)CC(=O)O)C1CCC(C)CC1C. The molecule has 1 saturated carbocycles. The topological polar surface area (TPSA) is 40.5 Å². The second-order valence-corrected chi connectivity index (χ2v) is 5.74. The number of nitrogens with zero attached hydrogens (tertiary/aromatic N) is 1. The van der Waals surface area contributed by atoms with Crippen LogP contribution >= 0.6 is 0 Å². The quantitative estimate of drug-likeness (QED) is 0.804. The van der Waals surface area contributed by atoms with E-state index in [4.69, 9.17) is 5.11 Å². The van der Waals surface area contributed by atoms with E-state index in [-0.39, 0.29) is 12.5 Å². The standard InChI is InChI=1S/C14H27NO2/c1-5-15(12(4)9-14(16)17)13-7-6-10(2)8-11(13)3/h10-13H,5-9H2,1-4H3,(H,16,17). The van der Waals surface area contributed by atoms with Crippen molar-refractivity contribution in [2.45, 2.75) is 65.5 Å². The first kappa shape index (κ1) is 14.5. The Balaban J connectivity index is 2.63. The number of aliphatic carboxylic acids is 1. The zero-order chi connectivity index (χ0) is 13.0. The van der Waals surface area contributed by atoms with Gasteiger partial charge in [-0.05, 0) is 44.6 Å². The molecular formula is C14H27NO2. The van der Waals surface area contributed by atoms with Gasteiger partial charge in [0.05, 0.1) is 6.42 Å². The minimum atomic E-state index is -0.687. The Hall–Kier alpha value is -0.570. The molecular weight excluding hydrogens is 214 g/mol. The van der Waals surface area contributed by atoms with Crippen LogP contribution in [0.2, 0.25) is 0 Å². The third-order valence-electron chi connectivity index (χ3n) is 4.21. The van der Waals surface area contributed by atoms with Crippen molar-refractivity contribution in [2.24, 2.45) is 11.8 Å². The molecule has 1 fully saturated rings. The molecule has 0 aromatic rings. The van der Waals surface area contributed by atoms with E-state index in [0.29, 0.717) is 12.0 Å². The monoisotopic (exact) mass is 241 g/mol. The van der Waals surface area contributed by atoms with Gasteiger partial charge < -0.3 is 5.11 Å². The Morgan fingerprint density at radius 3 is 2.53 bits per heavy atom. The first-order chi connectivity index (χ1) is 7.95. The highest BCUT2D eigenvalue weighted by Crippen LogP contribution is 2.33. The lowest BCUT2D eigenvalue weighted by Crippen LogP contribution is -2.47. The van der Waals surface area contributed by atoms with Crippen molar-refractivity contribution in [3.05, 3.63) is 0 Å². The summed E-state index contributed by atoms with van der Waals surface area (Å²) in [5.74, 6) is 0.831. The zero-order valence-electron chi connectivity index (χ0n) is 11.6. The van der Waals surface area contributed by atoms with Crippen molar-refractivity contribution in [1.29, 1.82) is 0 Å². The molecule has 4 unspecified atom stereocenters. The Labute approximate surface area is 105 Å². The first-order valence-corrected chi connectivity index (χ1v) is 6.93. The molecule has 3 nitrogen and oxygen atoms in total. The molecule has 1 N–H and O–H groups in total. The lowest BCUT2D eigenvalue weighted by molar-refractivity contribution is -0.138. The molecule has 0 saturated heterocycles. The molecule has 3 heteroatoms. The van der Waals surface area contributed by atoms with Gasteiger partial charge in [-0.3, -0.25) is 9.69 Å². The van der Waals surface area contributed by atoms with Gasteiger partial charge in [-0.2, -0.15) is 0 Å². The number of carbonyl (C=O) groups is 1. The maximum absolute atomic E-state index is 10.8. The summed E-state index contributed by atoms with van der Waals surface area (Å²) >= 11 is 0. The largest absolute Gasteiger partial charge is 0.481 e. The molecule has 0 aromatic carbocycles. The maximum Gasteiger partial charge on any atom is 0.304 e. The third kappa shape index (κ3) is 3.98. The average Bonchev–Trinajstić information content (AvgIpc) is 2.21. The fraction of sp³-hybridized carbons (Fsp3) is 0.929. The Bertz CT molecular complexity index is 255. The molecule has 0 aliphatic heterocycles. The molecule has 0 amide bonds. The van der Waals surface area contributed by atoms with E-state index in [1.54, 1.807) is 0 Å². The summed E-state index contributed by atoms with van der Waals surface area (Å²) in [5.41, 5.74) is 0. The van der Waals surface area contributed by atoms with E-state index in [2.05, 4.69) is 25.7 Å². The van der Waals surface area contributed by atoms with Gasteiger partial charge in [0.1, 0.15) is 0 Å². The average molecular weight is 241 g/mol. The van der Waals surface area contributed by atoms with Crippen LogP contribution in [-0.4, -0.2) is 34.6 Å². The fourth-order valence-corrected chi connectivity index (χ4v) is 3.39. The molecule has 17 heavy (non-hydrogen) atoms. The van der Waals surface area contributed by atoms with Crippen LogP contribution in [0.4, 0.5) is 0 Å². The van der Waals surface area contributed by atoms with Crippen LogP contribution in [0.15, 0.2) is 0 Å². The third-order valence-corrected chi connectivity index (χ3v) is 4.21. The van der Waals surface area contributed by atoms with Crippen molar-refractivity contribution < 1.29 is 9.90 Å². The van der Waals surface area contributed by atoms with Crippen LogP contribution in [0, 0.1) is 11.8 Å². The van der Waals surface area contributed by atoms with E-state index in [0.717, 1.165) is 12.5 Å². The summed E-state index contributed by atoms with van der Waals surface area (Å²) in [6.07, 6.45) is 4.04. The number of rotatable bonds is 5. The summed E-state index contributed by atoms with van der Waals surface area (Å²) in [4.78, 5) is 13.2. The smallest absolute Gasteiger partial charge is 0.304 e. The van der Waals surface area contributed by atoms with Gasteiger partial charge in [0, 0.05) is 12.1 Å². The molecule has 0 bridgehead atoms. The van der Waals surface area contributed by atoms with Crippen molar-refractivity contribution in [3.63, 3.8) is 0 Å². The Kier molecular flexibility index (Phi) is 5.44. The van der Waals surface area contributed by atoms with Crippen LogP contribution in [0.5, 0.6) is 0 Å². The predicted octanol–water partition coefficient (Wildman–Crippen LogP) is 3.00. The van der Waals surface area contributed by atoms with E-state index < -0.39 is 5.97 Å². The maximum atomic E-state index is 10.8. The zero-order valence-corrected chi connectivity index (χ0v) is 11.6. The van der Waals surface area contributed by atoms with Crippen LogP contribution in [0.3, 0.4) is 0 Å². The number of hydrogen-bond acceptors (Lipinski definition) is 2. The second kappa shape index (κ2) is 6.39.